The number of nitrogens with zero attached hydrogens (tertiary/aromatic N) is 3. The first-order chi connectivity index (χ1) is 5.81. The number of rotatable bonds is 1. The molecule has 2 rings (SSSR count). The SMILES string of the molecule is CCc1nc2n(n1)C(=O)CCC2. The molecular formula is C8H11N3O. The Bertz CT molecular complexity index is 316. The normalized spacial score (nSPS) is 16.2. The van der Waals surface area contributed by atoms with Crippen molar-refractivity contribution in [1.29, 1.82) is 0 Å². The number of carbonyl (C=O) groups excluding carboxylic acids is 1. The van der Waals surface area contributed by atoms with Gasteiger partial charge in [-0.1, -0.05) is 6.92 Å². The zero-order chi connectivity index (χ0) is 8.55. The van der Waals surface area contributed by atoms with Gasteiger partial charge in [0.25, 0.3) is 0 Å². The van der Waals surface area contributed by atoms with Crippen molar-refractivity contribution in [3.63, 3.8) is 0 Å². The summed E-state index contributed by atoms with van der Waals surface area (Å²) in [5.74, 6) is 1.70. The Morgan fingerprint density at radius 3 is 3.00 bits per heavy atom. The first kappa shape index (κ1) is 7.46. The smallest absolute Gasteiger partial charge is 0.248 e. The summed E-state index contributed by atoms with van der Waals surface area (Å²) in [6, 6.07) is 0. The largest absolute Gasteiger partial charge is 0.273 e. The van der Waals surface area contributed by atoms with Crippen LogP contribution in [0.15, 0.2) is 0 Å². The molecule has 0 N–H and O–H groups in total. The van der Waals surface area contributed by atoms with E-state index >= 15 is 0 Å². The third-order valence-corrected chi connectivity index (χ3v) is 2.06. The van der Waals surface area contributed by atoms with E-state index in [4.69, 9.17) is 0 Å². The highest BCUT2D eigenvalue weighted by Gasteiger charge is 2.19. The van der Waals surface area contributed by atoms with E-state index in [1.807, 2.05) is 6.92 Å². The van der Waals surface area contributed by atoms with Crippen molar-refractivity contribution in [3.8, 4) is 0 Å². The van der Waals surface area contributed by atoms with E-state index in [2.05, 4.69) is 10.1 Å². The average molecular weight is 165 g/mol. The van der Waals surface area contributed by atoms with Crippen LogP contribution in [0.2, 0.25) is 0 Å². The van der Waals surface area contributed by atoms with Crippen molar-refractivity contribution in [2.75, 3.05) is 0 Å². The molecule has 0 saturated heterocycles. The standard InChI is InChI=1S/C8H11N3O/c1-2-6-9-7-4-3-5-8(12)11(7)10-6/h2-5H2,1H3. The highest BCUT2D eigenvalue weighted by Crippen LogP contribution is 2.11. The van der Waals surface area contributed by atoms with Gasteiger partial charge in [-0.3, -0.25) is 4.79 Å². The highest BCUT2D eigenvalue weighted by molar-refractivity contribution is 5.79. The van der Waals surface area contributed by atoms with Crippen LogP contribution >= 0.6 is 0 Å². The maximum absolute atomic E-state index is 11.3. The van der Waals surface area contributed by atoms with Crippen LogP contribution in [0.5, 0.6) is 0 Å². The molecule has 1 aromatic heterocycles. The Hall–Kier alpha value is -1.19. The molecule has 4 heteroatoms. The molecule has 0 bridgehead atoms. The second kappa shape index (κ2) is 2.69. The van der Waals surface area contributed by atoms with Gasteiger partial charge < -0.3 is 0 Å². The lowest BCUT2D eigenvalue weighted by atomic mass is 10.2. The van der Waals surface area contributed by atoms with Gasteiger partial charge in [0.2, 0.25) is 5.91 Å². The number of hydrogen-bond acceptors (Lipinski definition) is 3. The molecule has 1 aromatic rings. The predicted molar refractivity (Wildman–Crippen MR) is 43.0 cm³/mol. The van der Waals surface area contributed by atoms with Crippen molar-refractivity contribution in [1.82, 2.24) is 14.8 Å². The average Bonchev–Trinajstić information content (AvgIpc) is 2.49. The highest BCUT2D eigenvalue weighted by atomic mass is 16.2. The Kier molecular flexibility index (Phi) is 1.67. The quantitative estimate of drug-likeness (QED) is 0.618. The van der Waals surface area contributed by atoms with E-state index < -0.39 is 0 Å². The van der Waals surface area contributed by atoms with Crippen LogP contribution < -0.4 is 0 Å². The van der Waals surface area contributed by atoms with Gasteiger partial charge in [0.1, 0.15) is 5.82 Å². The molecule has 0 fully saturated rings. The summed E-state index contributed by atoms with van der Waals surface area (Å²) in [6.07, 6.45) is 3.21. The second-order valence-electron chi connectivity index (χ2n) is 2.96. The summed E-state index contributed by atoms with van der Waals surface area (Å²) in [7, 11) is 0. The van der Waals surface area contributed by atoms with Crippen LogP contribution in [0.25, 0.3) is 0 Å². The molecule has 1 aliphatic heterocycles. The lowest BCUT2D eigenvalue weighted by Crippen LogP contribution is -2.20. The molecule has 0 amide bonds. The first-order valence-electron chi connectivity index (χ1n) is 4.29. The lowest BCUT2D eigenvalue weighted by molar-refractivity contribution is 0.0864. The van der Waals surface area contributed by atoms with Crippen LogP contribution in [-0.4, -0.2) is 20.7 Å². The summed E-state index contributed by atoms with van der Waals surface area (Å²) in [5, 5.41) is 4.11. The van der Waals surface area contributed by atoms with Gasteiger partial charge in [-0.15, -0.1) is 5.10 Å². The van der Waals surface area contributed by atoms with E-state index in [9.17, 15) is 4.79 Å². The van der Waals surface area contributed by atoms with Crippen LogP contribution in [0.3, 0.4) is 0 Å². The van der Waals surface area contributed by atoms with Crippen molar-refractivity contribution in [2.24, 2.45) is 0 Å². The number of hydrogen-bond donors (Lipinski definition) is 0. The summed E-state index contributed by atoms with van der Waals surface area (Å²) in [6.45, 7) is 1.99. The molecular weight excluding hydrogens is 154 g/mol. The van der Waals surface area contributed by atoms with Gasteiger partial charge in [-0.2, -0.15) is 4.68 Å². The summed E-state index contributed by atoms with van der Waals surface area (Å²) >= 11 is 0. The van der Waals surface area contributed by atoms with Crippen molar-refractivity contribution >= 4 is 5.91 Å². The molecule has 1 aliphatic rings. The van der Waals surface area contributed by atoms with Crippen molar-refractivity contribution < 1.29 is 4.79 Å². The third-order valence-electron chi connectivity index (χ3n) is 2.06. The minimum Gasteiger partial charge on any atom is -0.273 e. The molecule has 64 valence electrons. The van der Waals surface area contributed by atoms with E-state index in [1.54, 1.807) is 0 Å². The number of fused-ring (bicyclic) bond motifs is 1. The fourth-order valence-corrected chi connectivity index (χ4v) is 1.41. The molecule has 0 unspecified atom stereocenters. The van der Waals surface area contributed by atoms with Gasteiger partial charge in [0.05, 0.1) is 0 Å². The van der Waals surface area contributed by atoms with Gasteiger partial charge in [0.15, 0.2) is 5.82 Å². The molecule has 2 heterocycles. The third kappa shape index (κ3) is 1.03. The summed E-state index contributed by atoms with van der Waals surface area (Å²) < 4.78 is 1.46. The topological polar surface area (TPSA) is 47.8 Å². The Morgan fingerprint density at radius 2 is 2.33 bits per heavy atom. The lowest BCUT2D eigenvalue weighted by Gasteiger charge is -2.08. The molecule has 0 spiro atoms. The van der Waals surface area contributed by atoms with Crippen LogP contribution in [-0.2, 0) is 12.8 Å². The number of aryl methyl sites for hydroxylation is 2. The van der Waals surface area contributed by atoms with Gasteiger partial charge in [0, 0.05) is 19.3 Å². The monoisotopic (exact) mass is 165 g/mol. The maximum atomic E-state index is 11.3. The van der Waals surface area contributed by atoms with E-state index in [1.165, 1.54) is 4.68 Å². The fourth-order valence-electron chi connectivity index (χ4n) is 1.41. The zero-order valence-corrected chi connectivity index (χ0v) is 7.08. The van der Waals surface area contributed by atoms with Crippen molar-refractivity contribution in [3.05, 3.63) is 11.6 Å². The van der Waals surface area contributed by atoms with E-state index in [0.717, 1.165) is 30.9 Å². The zero-order valence-electron chi connectivity index (χ0n) is 7.08. The van der Waals surface area contributed by atoms with Crippen LogP contribution in [0.4, 0.5) is 0 Å². The molecule has 0 aliphatic carbocycles. The molecule has 12 heavy (non-hydrogen) atoms. The molecule has 0 radical (unpaired) electrons. The molecule has 0 saturated carbocycles. The molecule has 0 aromatic carbocycles. The molecule has 4 nitrogen and oxygen atoms in total. The van der Waals surface area contributed by atoms with E-state index in [-0.39, 0.29) is 5.91 Å². The number of carbonyl (C=O) groups is 1. The van der Waals surface area contributed by atoms with Gasteiger partial charge in [-0.25, -0.2) is 4.98 Å². The minimum atomic E-state index is 0.0865. The fraction of sp³-hybridized carbons (Fsp3) is 0.625. The molecule has 0 atom stereocenters. The minimum absolute atomic E-state index is 0.0865. The second-order valence-corrected chi connectivity index (χ2v) is 2.96. The van der Waals surface area contributed by atoms with Gasteiger partial charge in [-0.05, 0) is 6.42 Å². The summed E-state index contributed by atoms with van der Waals surface area (Å²) in [5.41, 5.74) is 0. The van der Waals surface area contributed by atoms with E-state index in [0.29, 0.717) is 6.42 Å². The maximum Gasteiger partial charge on any atom is 0.248 e. The Morgan fingerprint density at radius 1 is 1.50 bits per heavy atom. The van der Waals surface area contributed by atoms with Gasteiger partial charge >= 0.3 is 0 Å². The number of aromatic nitrogens is 3. The van der Waals surface area contributed by atoms with Crippen LogP contribution in [0, 0.1) is 0 Å². The van der Waals surface area contributed by atoms with Crippen molar-refractivity contribution in [2.45, 2.75) is 32.6 Å². The van der Waals surface area contributed by atoms with Crippen LogP contribution in [0.1, 0.15) is 36.2 Å². The first-order valence-corrected chi connectivity index (χ1v) is 4.29. The predicted octanol–water partition coefficient (Wildman–Crippen LogP) is 0.817. The Labute approximate surface area is 70.6 Å². The Balaban J connectivity index is 2.43. The summed E-state index contributed by atoms with van der Waals surface area (Å²) in [4.78, 5) is 15.5.